The van der Waals surface area contributed by atoms with Crippen molar-refractivity contribution in [1.82, 2.24) is 0 Å². The van der Waals surface area contributed by atoms with Gasteiger partial charge in [0, 0.05) is 17.8 Å². The second-order valence-electron chi connectivity index (χ2n) is 5.46. The molecule has 1 amide bonds. The molecule has 1 aromatic rings. The van der Waals surface area contributed by atoms with E-state index in [1.54, 1.807) is 12.1 Å². The third-order valence-corrected chi connectivity index (χ3v) is 3.75. The Labute approximate surface area is 117 Å². The Hall–Kier alpha value is -1.95. The van der Waals surface area contributed by atoms with Crippen molar-refractivity contribution in [2.24, 2.45) is 5.92 Å². The van der Waals surface area contributed by atoms with E-state index in [1.165, 1.54) is 29.9 Å². The summed E-state index contributed by atoms with van der Waals surface area (Å²) in [5.74, 6) is 0.722. The molecule has 1 aromatic carbocycles. The van der Waals surface area contributed by atoms with Crippen LogP contribution in [0.1, 0.15) is 19.8 Å². The Balaban J connectivity index is 1.83. The number of anilines is 1. The van der Waals surface area contributed by atoms with E-state index in [1.807, 2.05) is 0 Å². The predicted molar refractivity (Wildman–Crippen MR) is 75.7 cm³/mol. The van der Waals surface area contributed by atoms with Crippen molar-refractivity contribution in [2.45, 2.75) is 19.8 Å². The standard InChI is InChI=1S/C14H19N3O3/c1-11-6-8-16(9-7-11)10-14(18)15-12-2-4-13(5-3-12)17(19)20/h2-5,11H,6-10H2,1H3,(H,15,18)/p+1. The van der Waals surface area contributed by atoms with Crippen molar-refractivity contribution in [3.05, 3.63) is 34.4 Å². The second-order valence-corrected chi connectivity index (χ2v) is 5.46. The maximum absolute atomic E-state index is 11.9. The average Bonchev–Trinajstić information content (AvgIpc) is 2.42. The van der Waals surface area contributed by atoms with Crippen molar-refractivity contribution in [3.8, 4) is 0 Å². The van der Waals surface area contributed by atoms with E-state index in [0.717, 1.165) is 19.0 Å². The minimum Gasteiger partial charge on any atom is -0.327 e. The highest BCUT2D eigenvalue weighted by molar-refractivity contribution is 5.91. The zero-order valence-corrected chi connectivity index (χ0v) is 11.6. The fourth-order valence-electron chi connectivity index (χ4n) is 2.45. The Morgan fingerprint density at radius 3 is 2.50 bits per heavy atom. The molecule has 1 aliphatic heterocycles. The molecule has 0 saturated carbocycles. The lowest BCUT2D eigenvalue weighted by atomic mass is 9.99. The second kappa shape index (κ2) is 6.47. The van der Waals surface area contributed by atoms with Crippen LogP contribution in [0.4, 0.5) is 11.4 Å². The number of nitro groups is 1. The van der Waals surface area contributed by atoms with Gasteiger partial charge in [0.05, 0.1) is 18.0 Å². The molecule has 1 aliphatic rings. The van der Waals surface area contributed by atoms with Gasteiger partial charge in [0.2, 0.25) is 0 Å². The summed E-state index contributed by atoms with van der Waals surface area (Å²) in [4.78, 5) is 23.3. The molecule has 6 nitrogen and oxygen atoms in total. The number of carbonyl (C=O) groups is 1. The van der Waals surface area contributed by atoms with Crippen LogP contribution < -0.4 is 10.2 Å². The summed E-state index contributed by atoms with van der Waals surface area (Å²) < 4.78 is 0. The van der Waals surface area contributed by atoms with E-state index in [2.05, 4.69) is 12.2 Å². The molecule has 0 bridgehead atoms. The minimum absolute atomic E-state index is 0.0265. The van der Waals surface area contributed by atoms with Gasteiger partial charge in [-0.05, 0) is 30.9 Å². The van der Waals surface area contributed by atoms with Gasteiger partial charge in [-0.25, -0.2) is 0 Å². The van der Waals surface area contributed by atoms with E-state index in [4.69, 9.17) is 0 Å². The van der Waals surface area contributed by atoms with E-state index >= 15 is 0 Å². The molecular weight excluding hydrogens is 258 g/mol. The van der Waals surface area contributed by atoms with Gasteiger partial charge < -0.3 is 10.2 Å². The highest BCUT2D eigenvalue weighted by atomic mass is 16.6. The summed E-state index contributed by atoms with van der Waals surface area (Å²) >= 11 is 0. The number of carbonyl (C=O) groups excluding carboxylic acids is 1. The van der Waals surface area contributed by atoms with Crippen molar-refractivity contribution < 1.29 is 14.6 Å². The molecule has 20 heavy (non-hydrogen) atoms. The smallest absolute Gasteiger partial charge is 0.279 e. The number of hydrogen-bond acceptors (Lipinski definition) is 3. The molecule has 0 atom stereocenters. The van der Waals surface area contributed by atoms with Crippen LogP contribution in [-0.2, 0) is 4.79 Å². The summed E-state index contributed by atoms with van der Waals surface area (Å²) in [5.41, 5.74) is 0.629. The zero-order chi connectivity index (χ0) is 14.5. The van der Waals surface area contributed by atoms with E-state index in [-0.39, 0.29) is 11.6 Å². The summed E-state index contributed by atoms with van der Waals surface area (Å²) in [6.45, 7) is 4.78. The number of piperidine rings is 1. The topological polar surface area (TPSA) is 76.7 Å². The average molecular weight is 278 g/mol. The van der Waals surface area contributed by atoms with Crippen molar-refractivity contribution >= 4 is 17.3 Å². The first-order valence-corrected chi connectivity index (χ1v) is 6.92. The SMILES string of the molecule is CC1CC[NH+](CC(=O)Nc2ccc([N+](=O)[O-])cc2)CC1. The number of nitro benzene ring substituents is 1. The van der Waals surface area contributed by atoms with Gasteiger partial charge in [-0.15, -0.1) is 0 Å². The zero-order valence-electron chi connectivity index (χ0n) is 11.6. The van der Waals surface area contributed by atoms with Crippen LogP contribution in [0.5, 0.6) is 0 Å². The van der Waals surface area contributed by atoms with Gasteiger partial charge >= 0.3 is 0 Å². The first-order valence-electron chi connectivity index (χ1n) is 6.92. The van der Waals surface area contributed by atoms with Gasteiger partial charge in [0.15, 0.2) is 6.54 Å². The Kier molecular flexibility index (Phi) is 4.68. The Morgan fingerprint density at radius 2 is 1.95 bits per heavy atom. The van der Waals surface area contributed by atoms with Crippen LogP contribution in [0.3, 0.4) is 0 Å². The van der Waals surface area contributed by atoms with Gasteiger partial charge in [-0.1, -0.05) is 6.92 Å². The first kappa shape index (κ1) is 14.5. The normalized spacial score (nSPS) is 22.2. The number of amides is 1. The van der Waals surface area contributed by atoms with Crippen molar-refractivity contribution in [2.75, 3.05) is 25.0 Å². The maximum atomic E-state index is 11.9. The molecule has 1 heterocycles. The maximum Gasteiger partial charge on any atom is 0.279 e. The molecule has 0 unspecified atom stereocenters. The van der Waals surface area contributed by atoms with Crippen LogP contribution in [-0.4, -0.2) is 30.5 Å². The number of benzene rings is 1. The highest BCUT2D eigenvalue weighted by Crippen LogP contribution is 2.15. The summed E-state index contributed by atoms with van der Waals surface area (Å²) in [5, 5.41) is 13.3. The van der Waals surface area contributed by atoms with Crippen LogP contribution in [0.25, 0.3) is 0 Å². The van der Waals surface area contributed by atoms with Gasteiger partial charge in [0.25, 0.3) is 11.6 Å². The van der Waals surface area contributed by atoms with Gasteiger partial charge in [0.1, 0.15) is 0 Å². The number of non-ortho nitro benzene ring substituents is 1. The minimum atomic E-state index is -0.454. The molecule has 0 spiro atoms. The lowest BCUT2D eigenvalue weighted by Gasteiger charge is -2.26. The predicted octanol–water partition coefficient (Wildman–Crippen LogP) is 0.848. The Bertz CT molecular complexity index is 479. The highest BCUT2D eigenvalue weighted by Gasteiger charge is 2.21. The lowest BCUT2D eigenvalue weighted by Crippen LogP contribution is -3.14. The van der Waals surface area contributed by atoms with Crippen LogP contribution in [0.15, 0.2) is 24.3 Å². The molecule has 2 rings (SSSR count). The quantitative estimate of drug-likeness (QED) is 0.633. The fraction of sp³-hybridized carbons (Fsp3) is 0.500. The number of likely N-dealkylation sites (tertiary alicyclic amines) is 1. The fourth-order valence-corrected chi connectivity index (χ4v) is 2.45. The van der Waals surface area contributed by atoms with Gasteiger partial charge in [-0.3, -0.25) is 14.9 Å². The molecule has 2 N–H and O–H groups in total. The van der Waals surface area contributed by atoms with E-state index in [0.29, 0.717) is 12.2 Å². The van der Waals surface area contributed by atoms with Gasteiger partial charge in [-0.2, -0.15) is 0 Å². The summed E-state index contributed by atoms with van der Waals surface area (Å²) in [7, 11) is 0. The molecule has 1 saturated heterocycles. The molecule has 108 valence electrons. The molecule has 0 aromatic heterocycles. The molecular formula is C14H20N3O3+. The van der Waals surface area contributed by atoms with Crippen LogP contribution in [0.2, 0.25) is 0 Å². The number of quaternary nitrogens is 1. The van der Waals surface area contributed by atoms with E-state index in [9.17, 15) is 14.9 Å². The number of nitrogens with one attached hydrogen (secondary N) is 2. The van der Waals surface area contributed by atoms with E-state index < -0.39 is 4.92 Å². The summed E-state index contributed by atoms with van der Waals surface area (Å²) in [6.07, 6.45) is 2.33. The third-order valence-electron chi connectivity index (χ3n) is 3.75. The molecule has 1 fully saturated rings. The lowest BCUT2D eigenvalue weighted by molar-refractivity contribution is -0.897. The van der Waals surface area contributed by atoms with Crippen LogP contribution in [0, 0.1) is 16.0 Å². The Morgan fingerprint density at radius 1 is 1.35 bits per heavy atom. The largest absolute Gasteiger partial charge is 0.327 e. The van der Waals surface area contributed by atoms with Crippen LogP contribution >= 0.6 is 0 Å². The monoisotopic (exact) mass is 278 g/mol. The molecule has 0 radical (unpaired) electrons. The first-order chi connectivity index (χ1) is 9.54. The van der Waals surface area contributed by atoms with Crippen molar-refractivity contribution in [3.63, 3.8) is 0 Å². The third kappa shape index (κ3) is 4.03. The molecule has 6 heteroatoms. The molecule has 0 aliphatic carbocycles. The van der Waals surface area contributed by atoms with Crippen molar-refractivity contribution in [1.29, 1.82) is 0 Å². The summed E-state index contributed by atoms with van der Waals surface area (Å²) in [6, 6.07) is 5.91. The number of rotatable bonds is 4. The number of hydrogen-bond donors (Lipinski definition) is 2. The number of nitrogens with zero attached hydrogens (tertiary/aromatic N) is 1.